The van der Waals surface area contributed by atoms with E-state index in [0.717, 1.165) is 50.8 Å². The predicted octanol–water partition coefficient (Wildman–Crippen LogP) is 5.87. The predicted molar refractivity (Wildman–Crippen MR) is 135 cm³/mol. The van der Waals surface area contributed by atoms with Gasteiger partial charge in [0.15, 0.2) is 5.57 Å². The molecule has 1 heterocycles. The third-order valence-corrected chi connectivity index (χ3v) is 5.82. The van der Waals surface area contributed by atoms with Crippen LogP contribution in [0.2, 0.25) is 0 Å². The molecule has 1 amide bonds. The number of benzene rings is 1. The van der Waals surface area contributed by atoms with Crippen molar-refractivity contribution in [2.75, 3.05) is 24.5 Å². The van der Waals surface area contributed by atoms with Gasteiger partial charge in [0.05, 0.1) is 16.8 Å². The van der Waals surface area contributed by atoms with Gasteiger partial charge in [0.25, 0.3) is 5.91 Å². The normalized spacial score (nSPS) is 13.2. The van der Waals surface area contributed by atoms with Crippen molar-refractivity contribution in [3.05, 3.63) is 58.3 Å². The molecule has 1 aliphatic rings. The maximum absolute atomic E-state index is 13.1. The van der Waals surface area contributed by atoms with Crippen LogP contribution in [0.25, 0.3) is 6.08 Å². The highest BCUT2D eigenvalue weighted by Gasteiger charge is 2.36. The van der Waals surface area contributed by atoms with Crippen molar-refractivity contribution in [1.29, 1.82) is 15.8 Å². The first-order valence-corrected chi connectivity index (χ1v) is 12.1. The van der Waals surface area contributed by atoms with Crippen LogP contribution in [-0.2, 0) is 4.79 Å². The molecule has 1 aromatic rings. The molecule has 0 saturated heterocycles. The molecule has 0 fully saturated rings. The SMILES string of the molecule is CCCCN1C(=O)C(/C=C/c2ccc(N(CCCC)CCCC)cc2)=C(C#N)C1=C(C#N)C#N. The molecule has 1 aromatic carbocycles. The lowest BCUT2D eigenvalue weighted by atomic mass is 10.1. The minimum Gasteiger partial charge on any atom is -0.372 e. The maximum atomic E-state index is 13.1. The quantitative estimate of drug-likeness (QED) is 0.367. The van der Waals surface area contributed by atoms with Crippen LogP contribution in [0, 0.1) is 34.0 Å². The van der Waals surface area contributed by atoms with E-state index >= 15 is 0 Å². The van der Waals surface area contributed by atoms with Gasteiger partial charge >= 0.3 is 0 Å². The lowest BCUT2D eigenvalue weighted by molar-refractivity contribution is -0.124. The van der Waals surface area contributed by atoms with Gasteiger partial charge < -0.3 is 9.80 Å². The van der Waals surface area contributed by atoms with Gasteiger partial charge in [0.1, 0.15) is 18.2 Å². The first-order valence-electron chi connectivity index (χ1n) is 12.1. The number of carbonyl (C=O) groups is 1. The number of carbonyl (C=O) groups excluding carboxylic acids is 1. The minimum atomic E-state index is -0.346. The molecule has 2 rings (SSSR count). The highest BCUT2D eigenvalue weighted by atomic mass is 16.2. The van der Waals surface area contributed by atoms with Gasteiger partial charge in [-0.3, -0.25) is 4.79 Å². The van der Waals surface area contributed by atoms with Crippen molar-refractivity contribution in [3.8, 4) is 18.2 Å². The molecular formula is C28H33N5O. The first-order chi connectivity index (χ1) is 16.6. The Morgan fingerprint density at radius 2 is 1.50 bits per heavy atom. The monoisotopic (exact) mass is 455 g/mol. The summed E-state index contributed by atoms with van der Waals surface area (Å²) in [6.45, 7) is 8.80. The zero-order valence-corrected chi connectivity index (χ0v) is 20.5. The molecule has 0 aromatic heterocycles. The van der Waals surface area contributed by atoms with E-state index in [2.05, 4.69) is 30.9 Å². The van der Waals surface area contributed by atoms with E-state index < -0.39 is 0 Å². The van der Waals surface area contributed by atoms with Gasteiger partial charge in [-0.15, -0.1) is 0 Å². The van der Waals surface area contributed by atoms with E-state index in [1.165, 1.54) is 10.6 Å². The van der Waals surface area contributed by atoms with E-state index in [1.54, 1.807) is 12.2 Å². The Hall–Kier alpha value is -3.82. The number of hydrogen-bond donors (Lipinski definition) is 0. The third kappa shape index (κ3) is 6.37. The van der Waals surface area contributed by atoms with Crippen LogP contribution in [0.1, 0.15) is 64.9 Å². The van der Waals surface area contributed by atoms with Gasteiger partial charge in [-0.05, 0) is 43.0 Å². The lowest BCUT2D eigenvalue weighted by Gasteiger charge is -2.24. The molecule has 0 spiro atoms. The summed E-state index contributed by atoms with van der Waals surface area (Å²) in [6, 6.07) is 13.9. The zero-order valence-electron chi connectivity index (χ0n) is 20.5. The second-order valence-electron chi connectivity index (χ2n) is 8.28. The van der Waals surface area contributed by atoms with E-state index in [1.807, 2.05) is 37.3 Å². The molecule has 34 heavy (non-hydrogen) atoms. The summed E-state index contributed by atoms with van der Waals surface area (Å²) in [5.74, 6) is -0.346. The average molecular weight is 456 g/mol. The van der Waals surface area contributed by atoms with Crippen LogP contribution in [0.15, 0.2) is 52.8 Å². The standard InChI is InChI=1S/C28H33N5O/c1-4-7-16-32(17-8-5-2)24-13-10-22(11-14-24)12-15-25-26(21-31)27(23(19-29)20-30)33(28(25)34)18-9-6-3/h10-15H,4-9,16-18H2,1-3H3/b15-12+. The molecular weight excluding hydrogens is 422 g/mol. The Labute approximate surface area is 203 Å². The summed E-state index contributed by atoms with van der Waals surface area (Å²) in [4.78, 5) is 16.9. The first kappa shape index (κ1) is 26.4. The molecule has 0 radical (unpaired) electrons. The number of hydrogen-bond acceptors (Lipinski definition) is 5. The van der Waals surface area contributed by atoms with Crippen molar-refractivity contribution in [3.63, 3.8) is 0 Å². The summed E-state index contributed by atoms with van der Waals surface area (Å²) >= 11 is 0. The maximum Gasteiger partial charge on any atom is 0.259 e. The van der Waals surface area contributed by atoms with Crippen LogP contribution < -0.4 is 4.90 Å². The molecule has 0 N–H and O–H groups in total. The van der Waals surface area contributed by atoms with Crippen LogP contribution >= 0.6 is 0 Å². The third-order valence-electron chi connectivity index (χ3n) is 5.82. The Bertz CT molecular complexity index is 1050. The van der Waals surface area contributed by atoms with Crippen LogP contribution in [0.4, 0.5) is 5.69 Å². The second kappa shape index (κ2) is 13.7. The summed E-state index contributed by atoms with van der Waals surface area (Å²) in [5.41, 5.74) is 2.30. The number of nitriles is 3. The number of rotatable bonds is 12. The number of allylic oxidation sites excluding steroid dienone is 2. The summed E-state index contributed by atoms with van der Waals surface area (Å²) in [5, 5.41) is 28.5. The van der Waals surface area contributed by atoms with Crippen LogP contribution in [0.3, 0.4) is 0 Å². The summed E-state index contributed by atoms with van der Waals surface area (Å²) in [6.07, 6.45) is 9.59. The van der Waals surface area contributed by atoms with Crippen molar-refractivity contribution in [1.82, 2.24) is 4.90 Å². The van der Waals surface area contributed by atoms with Crippen LogP contribution in [0.5, 0.6) is 0 Å². The smallest absolute Gasteiger partial charge is 0.259 e. The molecule has 6 nitrogen and oxygen atoms in total. The number of unbranched alkanes of at least 4 members (excludes halogenated alkanes) is 3. The molecule has 176 valence electrons. The molecule has 1 aliphatic heterocycles. The van der Waals surface area contributed by atoms with E-state index in [9.17, 15) is 20.6 Å². The largest absolute Gasteiger partial charge is 0.372 e. The van der Waals surface area contributed by atoms with Gasteiger partial charge in [-0.2, -0.15) is 15.8 Å². The van der Waals surface area contributed by atoms with Crippen molar-refractivity contribution in [2.45, 2.75) is 59.3 Å². The zero-order chi connectivity index (χ0) is 24.9. The van der Waals surface area contributed by atoms with Crippen molar-refractivity contribution in [2.24, 2.45) is 0 Å². The highest BCUT2D eigenvalue weighted by molar-refractivity contribution is 6.05. The van der Waals surface area contributed by atoms with E-state index in [4.69, 9.17) is 0 Å². The Balaban J connectivity index is 2.35. The van der Waals surface area contributed by atoms with Gasteiger partial charge in [0.2, 0.25) is 0 Å². The fourth-order valence-electron chi connectivity index (χ4n) is 3.85. The molecule has 6 heteroatoms. The topological polar surface area (TPSA) is 94.9 Å². The fraction of sp³-hybridized carbons (Fsp3) is 0.429. The lowest BCUT2D eigenvalue weighted by Crippen LogP contribution is -2.27. The van der Waals surface area contributed by atoms with Gasteiger partial charge in [0, 0.05) is 25.3 Å². The average Bonchev–Trinajstić information content (AvgIpc) is 3.13. The second-order valence-corrected chi connectivity index (χ2v) is 8.28. The molecule has 0 unspecified atom stereocenters. The van der Waals surface area contributed by atoms with Gasteiger partial charge in [-0.1, -0.05) is 58.2 Å². The molecule has 0 atom stereocenters. The summed E-state index contributed by atoms with van der Waals surface area (Å²) < 4.78 is 0. The van der Waals surface area contributed by atoms with Crippen LogP contribution in [-0.4, -0.2) is 30.4 Å². The Morgan fingerprint density at radius 3 is 2.00 bits per heavy atom. The van der Waals surface area contributed by atoms with Gasteiger partial charge in [-0.25, -0.2) is 0 Å². The van der Waals surface area contributed by atoms with Crippen molar-refractivity contribution < 1.29 is 4.79 Å². The molecule has 0 bridgehead atoms. The molecule has 0 saturated carbocycles. The molecule has 0 aliphatic carbocycles. The van der Waals surface area contributed by atoms with E-state index in [0.29, 0.717) is 13.0 Å². The highest BCUT2D eigenvalue weighted by Crippen LogP contribution is 2.33. The minimum absolute atomic E-state index is 0.0809. The van der Waals surface area contributed by atoms with Crippen molar-refractivity contribution >= 4 is 17.7 Å². The summed E-state index contributed by atoms with van der Waals surface area (Å²) in [7, 11) is 0. The Kier molecular flexibility index (Phi) is 10.6. The number of anilines is 1. The number of nitrogens with zero attached hydrogens (tertiary/aromatic N) is 5. The van der Waals surface area contributed by atoms with E-state index in [-0.39, 0.29) is 28.3 Å². The number of amides is 1. The fourth-order valence-corrected chi connectivity index (χ4v) is 3.85. The Morgan fingerprint density at radius 1 is 0.912 bits per heavy atom.